The third-order valence-corrected chi connectivity index (χ3v) is 4.95. The molecule has 0 fully saturated rings. The maximum Gasteiger partial charge on any atom is 0.264 e. The van der Waals surface area contributed by atoms with Gasteiger partial charge in [-0.05, 0) is 31.7 Å². The number of nitrogens with one attached hydrogen (secondary N) is 1. The van der Waals surface area contributed by atoms with E-state index < -0.39 is 0 Å². The maximum absolute atomic E-state index is 12.5. The summed E-state index contributed by atoms with van der Waals surface area (Å²) in [7, 11) is 0. The van der Waals surface area contributed by atoms with E-state index >= 15 is 0 Å². The average Bonchev–Trinajstić information content (AvgIpc) is 3.16. The smallest absolute Gasteiger partial charge is 0.264 e. The SMILES string of the molecule is Cc1oc2ncn(CCC(=O)NCCc3cccs3)c(=O)c2c1C. The van der Waals surface area contributed by atoms with Gasteiger partial charge in [-0.1, -0.05) is 6.07 Å². The molecule has 24 heavy (non-hydrogen) atoms. The number of nitrogens with zero attached hydrogens (tertiary/aromatic N) is 2. The minimum absolute atomic E-state index is 0.0707. The fraction of sp³-hybridized carbons (Fsp3) is 0.353. The molecule has 0 radical (unpaired) electrons. The van der Waals surface area contributed by atoms with Crippen LogP contribution in [0.4, 0.5) is 0 Å². The largest absolute Gasteiger partial charge is 0.443 e. The number of hydrogen-bond donors (Lipinski definition) is 1. The fourth-order valence-electron chi connectivity index (χ4n) is 2.52. The van der Waals surface area contributed by atoms with Gasteiger partial charge in [-0.15, -0.1) is 11.3 Å². The van der Waals surface area contributed by atoms with Gasteiger partial charge in [0.25, 0.3) is 5.56 Å². The van der Waals surface area contributed by atoms with Crippen LogP contribution in [0.25, 0.3) is 11.1 Å². The van der Waals surface area contributed by atoms with E-state index in [0.29, 0.717) is 29.9 Å². The molecule has 6 nitrogen and oxygen atoms in total. The van der Waals surface area contributed by atoms with Crippen molar-refractivity contribution in [3.05, 3.63) is 50.4 Å². The van der Waals surface area contributed by atoms with Crippen LogP contribution >= 0.6 is 11.3 Å². The molecule has 0 saturated heterocycles. The van der Waals surface area contributed by atoms with E-state index in [9.17, 15) is 9.59 Å². The number of aryl methyl sites for hydroxylation is 3. The molecule has 0 aromatic carbocycles. The monoisotopic (exact) mass is 345 g/mol. The van der Waals surface area contributed by atoms with Crippen LogP contribution < -0.4 is 10.9 Å². The van der Waals surface area contributed by atoms with E-state index in [2.05, 4.69) is 10.3 Å². The molecule has 1 N–H and O–H groups in total. The van der Waals surface area contributed by atoms with Gasteiger partial charge in [0.05, 0.1) is 0 Å². The summed E-state index contributed by atoms with van der Waals surface area (Å²) in [5.41, 5.74) is 0.990. The van der Waals surface area contributed by atoms with Crippen LogP contribution in [0.1, 0.15) is 22.6 Å². The van der Waals surface area contributed by atoms with Crippen molar-refractivity contribution in [2.24, 2.45) is 0 Å². The summed E-state index contributed by atoms with van der Waals surface area (Å²) in [6.45, 7) is 4.55. The number of aromatic nitrogens is 2. The highest BCUT2D eigenvalue weighted by Crippen LogP contribution is 2.19. The summed E-state index contributed by atoms with van der Waals surface area (Å²) in [6, 6.07) is 4.05. The molecule has 0 saturated carbocycles. The number of carbonyl (C=O) groups excluding carboxylic acids is 1. The third kappa shape index (κ3) is 3.41. The van der Waals surface area contributed by atoms with Crippen molar-refractivity contribution in [3.8, 4) is 0 Å². The molecule has 3 rings (SSSR count). The lowest BCUT2D eigenvalue weighted by molar-refractivity contribution is -0.121. The zero-order chi connectivity index (χ0) is 17.1. The van der Waals surface area contributed by atoms with Crippen molar-refractivity contribution in [1.29, 1.82) is 0 Å². The standard InChI is InChI=1S/C17H19N3O3S/c1-11-12(2)23-16-15(11)17(22)20(10-19-16)8-6-14(21)18-7-5-13-4-3-9-24-13/h3-4,9-10H,5-8H2,1-2H3,(H,18,21). The predicted octanol–water partition coefficient (Wildman–Crippen LogP) is 2.42. The summed E-state index contributed by atoms with van der Waals surface area (Å²) >= 11 is 1.68. The first kappa shape index (κ1) is 16.4. The third-order valence-electron chi connectivity index (χ3n) is 4.01. The highest BCUT2D eigenvalue weighted by molar-refractivity contribution is 7.09. The molecule has 0 aliphatic heterocycles. The molecule has 0 spiro atoms. The van der Waals surface area contributed by atoms with Crippen LogP contribution in [0, 0.1) is 13.8 Å². The molecule has 0 aliphatic carbocycles. The zero-order valence-corrected chi connectivity index (χ0v) is 14.5. The first-order valence-electron chi connectivity index (χ1n) is 7.80. The van der Waals surface area contributed by atoms with Crippen molar-refractivity contribution in [2.45, 2.75) is 33.2 Å². The highest BCUT2D eigenvalue weighted by atomic mass is 32.1. The Balaban J connectivity index is 1.59. The Morgan fingerprint density at radius 2 is 2.25 bits per heavy atom. The predicted molar refractivity (Wildman–Crippen MR) is 93.4 cm³/mol. The van der Waals surface area contributed by atoms with E-state index in [0.717, 1.165) is 12.0 Å². The molecule has 0 bridgehead atoms. The van der Waals surface area contributed by atoms with Gasteiger partial charge < -0.3 is 9.73 Å². The van der Waals surface area contributed by atoms with Crippen LogP contribution in [-0.2, 0) is 17.8 Å². The molecule has 3 aromatic rings. The molecule has 3 heterocycles. The molecule has 126 valence electrons. The lowest BCUT2D eigenvalue weighted by Gasteiger charge is -2.06. The normalized spacial score (nSPS) is 11.1. The van der Waals surface area contributed by atoms with E-state index in [-0.39, 0.29) is 17.9 Å². The van der Waals surface area contributed by atoms with Gasteiger partial charge in [0, 0.05) is 30.0 Å². The second-order valence-electron chi connectivity index (χ2n) is 5.64. The molecule has 1 amide bonds. The van der Waals surface area contributed by atoms with Crippen LogP contribution in [0.2, 0.25) is 0 Å². The summed E-state index contributed by atoms with van der Waals surface area (Å²) in [6.07, 6.45) is 2.50. The van der Waals surface area contributed by atoms with Crippen LogP contribution in [0.3, 0.4) is 0 Å². The quantitative estimate of drug-likeness (QED) is 0.744. The lowest BCUT2D eigenvalue weighted by Crippen LogP contribution is -2.28. The Morgan fingerprint density at radius 1 is 1.42 bits per heavy atom. The summed E-state index contributed by atoms with van der Waals surface area (Å²) in [5, 5.41) is 5.39. The number of amides is 1. The van der Waals surface area contributed by atoms with Gasteiger partial charge in [0.15, 0.2) is 0 Å². The van der Waals surface area contributed by atoms with Crippen LogP contribution in [0.5, 0.6) is 0 Å². The molecule has 0 aliphatic rings. The average molecular weight is 345 g/mol. The summed E-state index contributed by atoms with van der Waals surface area (Å²) in [5.74, 6) is 0.623. The molecule has 7 heteroatoms. The van der Waals surface area contributed by atoms with Gasteiger partial charge in [0.1, 0.15) is 17.5 Å². The summed E-state index contributed by atoms with van der Waals surface area (Å²) < 4.78 is 6.91. The second kappa shape index (κ2) is 7.00. The topological polar surface area (TPSA) is 77.1 Å². The molecule has 0 atom stereocenters. The molecular formula is C17H19N3O3S. The van der Waals surface area contributed by atoms with Crippen LogP contribution in [0.15, 0.2) is 33.1 Å². The number of hydrogen-bond acceptors (Lipinski definition) is 5. The number of furan rings is 1. The van der Waals surface area contributed by atoms with Crippen molar-refractivity contribution in [1.82, 2.24) is 14.9 Å². The molecular weight excluding hydrogens is 326 g/mol. The maximum atomic E-state index is 12.5. The molecule has 3 aromatic heterocycles. The van der Waals surface area contributed by atoms with Gasteiger partial charge in [-0.3, -0.25) is 14.2 Å². The fourth-order valence-corrected chi connectivity index (χ4v) is 3.23. The number of rotatable bonds is 6. The minimum Gasteiger partial charge on any atom is -0.443 e. The second-order valence-corrected chi connectivity index (χ2v) is 6.67. The molecule has 0 unspecified atom stereocenters. The van der Waals surface area contributed by atoms with E-state index in [1.54, 1.807) is 11.3 Å². The van der Waals surface area contributed by atoms with E-state index in [1.807, 2.05) is 31.4 Å². The Labute approximate surface area is 143 Å². The Kier molecular flexibility index (Phi) is 4.80. The Bertz CT molecular complexity index is 909. The van der Waals surface area contributed by atoms with Gasteiger partial charge in [0.2, 0.25) is 11.6 Å². The number of carbonyl (C=O) groups is 1. The van der Waals surface area contributed by atoms with E-state index in [1.165, 1.54) is 15.8 Å². The highest BCUT2D eigenvalue weighted by Gasteiger charge is 2.14. The van der Waals surface area contributed by atoms with Crippen molar-refractivity contribution < 1.29 is 9.21 Å². The number of thiophene rings is 1. The van der Waals surface area contributed by atoms with Gasteiger partial charge in [-0.2, -0.15) is 0 Å². The van der Waals surface area contributed by atoms with E-state index in [4.69, 9.17) is 4.42 Å². The van der Waals surface area contributed by atoms with Crippen molar-refractivity contribution in [2.75, 3.05) is 6.54 Å². The van der Waals surface area contributed by atoms with Crippen molar-refractivity contribution in [3.63, 3.8) is 0 Å². The van der Waals surface area contributed by atoms with Crippen LogP contribution in [-0.4, -0.2) is 22.0 Å². The van der Waals surface area contributed by atoms with Gasteiger partial charge >= 0.3 is 0 Å². The lowest BCUT2D eigenvalue weighted by atomic mass is 10.2. The van der Waals surface area contributed by atoms with Crippen molar-refractivity contribution >= 4 is 28.3 Å². The zero-order valence-electron chi connectivity index (χ0n) is 13.7. The Hall–Kier alpha value is -2.41. The van der Waals surface area contributed by atoms with Gasteiger partial charge in [-0.25, -0.2) is 4.98 Å². The first-order chi connectivity index (χ1) is 11.6. The Morgan fingerprint density at radius 3 is 3.00 bits per heavy atom. The number of fused-ring (bicyclic) bond motifs is 1. The minimum atomic E-state index is -0.166. The first-order valence-corrected chi connectivity index (χ1v) is 8.68. The summed E-state index contributed by atoms with van der Waals surface area (Å²) in [4.78, 5) is 29.8.